The summed E-state index contributed by atoms with van der Waals surface area (Å²) in [4.78, 5) is 24.5. The van der Waals surface area contributed by atoms with Gasteiger partial charge in [-0.25, -0.2) is 14.8 Å². The summed E-state index contributed by atoms with van der Waals surface area (Å²) in [6, 6.07) is 10.6. The number of hydrogen-bond acceptors (Lipinski definition) is 10. The highest BCUT2D eigenvalue weighted by atomic mass is 16.6. The number of methoxy groups -OCH3 is 1. The summed E-state index contributed by atoms with van der Waals surface area (Å²) in [7, 11) is 3.29. The first-order valence-electron chi connectivity index (χ1n) is 11.6. The Kier molecular flexibility index (Phi) is 6.77. The number of aromatic nitrogens is 2. The average Bonchev–Trinajstić information content (AvgIpc) is 3.29. The SMILES string of the molecule is COc1cnc2cccc([C@H](O)CN(C)C[C@H](O)[C@@H]3CN(c4ccc5c(c4)OCCO5)C(=O)O3)c2n1. The molecule has 1 amide bonds. The smallest absolute Gasteiger partial charge is 0.414 e. The standard InChI is InChI=1S/C25H28N4O7/c1-28(12-18(30)16-4-3-5-17-24(16)27-23(33-2)11-26-17)13-19(31)22-14-29(25(32)36-22)15-6-7-20-21(10-15)35-9-8-34-20/h3-7,10-11,18-19,22,30-31H,8-9,12-14H2,1-2H3/t18-,19+,22+/m1/s1. The van der Waals surface area contributed by atoms with Crippen molar-refractivity contribution in [2.24, 2.45) is 0 Å². The van der Waals surface area contributed by atoms with Crippen LogP contribution in [0, 0.1) is 0 Å². The fraction of sp³-hybridized carbons (Fsp3) is 0.400. The van der Waals surface area contributed by atoms with Gasteiger partial charge in [0.05, 0.1) is 42.7 Å². The molecule has 1 fully saturated rings. The fourth-order valence-corrected chi connectivity index (χ4v) is 4.41. The molecular weight excluding hydrogens is 468 g/mol. The lowest BCUT2D eigenvalue weighted by Gasteiger charge is -2.25. The third-order valence-electron chi connectivity index (χ3n) is 6.24. The summed E-state index contributed by atoms with van der Waals surface area (Å²) < 4.78 is 21.7. The van der Waals surface area contributed by atoms with E-state index < -0.39 is 24.4 Å². The van der Waals surface area contributed by atoms with Crippen molar-refractivity contribution < 1.29 is 34.0 Å². The van der Waals surface area contributed by atoms with Crippen molar-refractivity contribution in [1.82, 2.24) is 14.9 Å². The van der Waals surface area contributed by atoms with Crippen LogP contribution < -0.4 is 19.1 Å². The Morgan fingerprint density at radius 3 is 2.78 bits per heavy atom. The van der Waals surface area contributed by atoms with Gasteiger partial charge in [-0.15, -0.1) is 0 Å². The van der Waals surface area contributed by atoms with Crippen LogP contribution >= 0.6 is 0 Å². The van der Waals surface area contributed by atoms with Gasteiger partial charge in [-0.2, -0.15) is 0 Å². The molecule has 1 saturated heterocycles. The van der Waals surface area contributed by atoms with Crippen LogP contribution in [0.2, 0.25) is 0 Å². The van der Waals surface area contributed by atoms with Crippen molar-refractivity contribution in [3.05, 3.63) is 48.2 Å². The molecule has 2 aliphatic rings. The van der Waals surface area contributed by atoms with E-state index in [0.29, 0.717) is 52.9 Å². The predicted molar refractivity (Wildman–Crippen MR) is 130 cm³/mol. The molecule has 0 radical (unpaired) electrons. The monoisotopic (exact) mass is 496 g/mol. The number of amides is 1. The normalized spacial score (nSPS) is 18.9. The van der Waals surface area contributed by atoms with E-state index in [-0.39, 0.29) is 19.6 Å². The molecule has 3 aromatic rings. The molecule has 2 aliphatic heterocycles. The van der Waals surface area contributed by atoms with E-state index >= 15 is 0 Å². The van der Waals surface area contributed by atoms with Crippen LogP contribution in [0.5, 0.6) is 17.4 Å². The Hall–Kier alpha value is -3.67. The second-order valence-electron chi connectivity index (χ2n) is 8.79. The highest BCUT2D eigenvalue weighted by molar-refractivity contribution is 5.90. The number of benzene rings is 2. The second kappa shape index (κ2) is 10.1. The molecule has 0 aliphatic carbocycles. The van der Waals surface area contributed by atoms with Gasteiger partial charge in [-0.1, -0.05) is 12.1 Å². The summed E-state index contributed by atoms with van der Waals surface area (Å²) in [5.74, 6) is 1.56. The Morgan fingerprint density at radius 2 is 1.97 bits per heavy atom. The predicted octanol–water partition coefficient (Wildman–Crippen LogP) is 1.76. The number of cyclic esters (lactones) is 1. The van der Waals surface area contributed by atoms with Crippen LogP contribution in [0.25, 0.3) is 11.0 Å². The van der Waals surface area contributed by atoms with Gasteiger partial charge >= 0.3 is 6.09 Å². The van der Waals surface area contributed by atoms with E-state index in [1.165, 1.54) is 18.2 Å². The van der Waals surface area contributed by atoms with Crippen molar-refractivity contribution in [2.45, 2.75) is 18.3 Å². The molecule has 11 nitrogen and oxygen atoms in total. The van der Waals surface area contributed by atoms with Gasteiger partial charge < -0.3 is 34.1 Å². The number of carbonyl (C=O) groups excluding carboxylic acids is 1. The highest BCUT2D eigenvalue weighted by Crippen LogP contribution is 2.35. The maximum Gasteiger partial charge on any atom is 0.414 e. The number of hydrogen-bond donors (Lipinski definition) is 2. The Labute approximate surface area is 207 Å². The number of rotatable bonds is 8. The van der Waals surface area contributed by atoms with Crippen molar-refractivity contribution >= 4 is 22.8 Å². The number of likely N-dealkylation sites (N-methyl/N-ethyl adjacent to an activating group) is 1. The van der Waals surface area contributed by atoms with Gasteiger partial charge in [0, 0.05) is 24.7 Å². The minimum atomic E-state index is -0.958. The lowest BCUT2D eigenvalue weighted by molar-refractivity contribution is 0.00738. The molecule has 190 valence electrons. The molecular formula is C25H28N4O7. The lowest BCUT2D eigenvalue weighted by Crippen LogP contribution is -2.40. The average molecular weight is 497 g/mol. The van der Waals surface area contributed by atoms with Crippen molar-refractivity contribution in [3.8, 4) is 17.4 Å². The van der Waals surface area contributed by atoms with Gasteiger partial charge in [0.15, 0.2) is 11.5 Å². The fourth-order valence-electron chi connectivity index (χ4n) is 4.41. The molecule has 0 unspecified atom stereocenters. The zero-order chi connectivity index (χ0) is 25.2. The number of ether oxygens (including phenoxy) is 4. The van der Waals surface area contributed by atoms with E-state index in [1.54, 1.807) is 42.3 Å². The minimum absolute atomic E-state index is 0.184. The van der Waals surface area contributed by atoms with Crippen LogP contribution in [0.4, 0.5) is 10.5 Å². The maximum absolute atomic E-state index is 12.5. The van der Waals surface area contributed by atoms with E-state index in [9.17, 15) is 15.0 Å². The molecule has 3 atom stereocenters. The second-order valence-corrected chi connectivity index (χ2v) is 8.79. The van der Waals surface area contributed by atoms with E-state index in [2.05, 4.69) is 9.97 Å². The number of aliphatic hydroxyl groups is 2. The molecule has 3 heterocycles. The van der Waals surface area contributed by atoms with Crippen LogP contribution in [0.3, 0.4) is 0 Å². The maximum atomic E-state index is 12.5. The van der Waals surface area contributed by atoms with Crippen molar-refractivity contribution in [1.29, 1.82) is 0 Å². The summed E-state index contributed by atoms with van der Waals surface area (Å²) in [6.07, 6.45) is -1.58. The summed E-state index contributed by atoms with van der Waals surface area (Å²) in [6.45, 7) is 1.52. The molecule has 2 N–H and O–H groups in total. The summed E-state index contributed by atoms with van der Waals surface area (Å²) in [5.41, 5.74) is 2.41. The number of aliphatic hydroxyl groups excluding tert-OH is 2. The number of carbonyl (C=O) groups is 1. The number of fused-ring (bicyclic) bond motifs is 2. The van der Waals surface area contributed by atoms with Gasteiger partial charge in [0.1, 0.15) is 25.4 Å². The van der Waals surface area contributed by atoms with Gasteiger partial charge in [0.2, 0.25) is 5.88 Å². The Balaban J connectivity index is 1.21. The van der Waals surface area contributed by atoms with Gasteiger partial charge in [0.25, 0.3) is 0 Å². The molecule has 1 aromatic heterocycles. The van der Waals surface area contributed by atoms with Gasteiger partial charge in [-0.3, -0.25) is 4.90 Å². The third kappa shape index (κ3) is 4.85. The molecule has 2 aromatic carbocycles. The first-order valence-corrected chi connectivity index (χ1v) is 11.6. The Bertz CT molecular complexity index is 1260. The third-order valence-corrected chi connectivity index (χ3v) is 6.24. The van der Waals surface area contributed by atoms with Crippen LogP contribution in [-0.2, 0) is 4.74 Å². The first-order chi connectivity index (χ1) is 17.4. The highest BCUT2D eigenvalue weighted by Gasteiger charge is 2.37. The zero-order valence-electron chi connectivity index (χ0n) is 20.0. The topological polar surface area (TPSA) is 127 Å². The molecule has 5 rings (SSSR count). The van der Waals surface area contributed by atoms with Gasteiger partial charge in [-0.05, 0) is 25.2 Å². The first kappa shape index (κ1) is 24.0. The molecule has 0 saturated carbocycles. The van der Waals surface area contributed by atoms with E-state index in [1.807, 2.05) is 6.07 Å². The number of anilines is 1. The molecule has 36 heavy (non-hydrogen) atoms. The zero-order valence-corrected chi connectivity index (χ0v) is 20.0. The van der Waals surface area contributed by atoms with Crippen molar-refractivity contribution in [2.75, 3.05) is 51.9 Å². The minimum Gasteiger partial charge on any atom is -0.486 e. The van der Waals surface area contributed by atoms with Crippen LogP contribution in [-0.4, -0.2) is 90.4 Å². The Morgan fingerprint density at radius 1 is 1.17 bits per heavy atom. The lowest BCUT2D eigenvalue weighted by atomic mass is 10.1. The summed E-state index contributed by atoms with van der Waals surface area (Å²) >= 11 is 0. The molecule has 0 spiro atoms. The molecule has 11 heteroatoms. The summed E-state index contributed by atoms with van der Waals surface area (Å²) in [5, 5.41) is 21.7. The van der Waals surface area contributed by atoms with E-state index in [0.717, 1.165) is 0 Å². The largest absolute Gasteiger partial charge is 0.486 e. The van der Waals surface area contributed by atoms with Crippen LogP contribution in [0.1, 0.15) is 11.7 Å². The van der Waals surface area contributed by atoms with Crippen molar-refractivity contribution in [3.63, 3.8) is 0 Å². The van der Waals surface area contributed by atoms with Crippen LogP contribution in [0.15, 0.2) is 42.6 Å². The number of para-hydroxylation sites is 1. The number of nitrogens with zero attached hydrogens (tertiary/aromatic N) is 4. The molecule has 0 bridgehead atoms. The van der Waals surface area contributed by atoms with E-state index in [4.69, 9.17) is 18.9 Å². The quantitative estimate of drug-likeness (QED) is 0.476.